The number of imide groups is 1. The highest BCUT2D eigenvalue weighted by atomic mass is 35.5. The fraction of sp³-hybridized carbons (Fsp3) is 0.250. The summed E-state index contributed by atoms with van der Waals surface area (Å²) in [6.07, 6.45) is -4.63. The normalized spacial score (nSPS) is 16.0. The number of anilines is 1. The Hall–Kier alpha value is -2.09. The molecular formula is C12H9ClF3N3O2. The summed E-state index contributed by atoms with van der Waals surface area (Å²) < 4.78 is 37.6. The number of amides is 2. The third-order valence-electron chi connectivity index (χ3n) is 2.99. The van der Waals surface area contributed by atoms with Crippen LogP contribution in [0.1, 0.15) is 19.4 Å². The molecule has 0 radical (unpaired) electrons. The maximum atomic E-state index is 12.5. The van der Waals surface area contributed by atoms with Gasteiger partial charge >= 0.3 is 6.18 Å². The van der Waals surface area contributed by atoms with Crippen LogP contribution in [-0.4, -0.2) is 21.8 Å². The van der Waals surface area contributed by atoms with Gasteiger partial charge in [0.2, 0.25) is 0 Å². The van der Waals surface area contributed by atoms with Gasteiger partial charge in [0.1, 0.15) is 11.0 Å². The third kappa shape index (κ3) is 2.71. The van der Waals surface area contributed by atoms with E-state index >= 15 is 0 Å². The molecule has 0 saturated heterocycles. The van der Waals surface area contributed by atoms with E-state index in [0.29, 0.717) is 5.01 Å². The van der Waals surface area contributed by atoms with Gasteiger partial charge in [-0.3, -0.25) is 15.0 Å². The van der Waals surface area contributed by atoms with Crippen LogP contribution in [0.25, 0.3) is 0 Å². The van der Waals surface area contributed by atoms with Crippen molar-refractivity contribution >= 4 is 29.2 Å². The Kier molecular flexibility index (Phi) is 3.66. The number of rotatable bonds is 2. The second-order valence-corrected chi connectivity index (χ2v) is 4.70. The van der Waals surface area contributed by atoms with Crippen molar-refractivity contribution in [2.45, 2.75) is 20.0 Å². The van der Waals surface area contributed by atoms with Crippen LogP contribution in [0.4, 0.5) is 19.0 Å². The second-order valence-electron chi connectivity index (χ2n) is 4.34. The lowest BCUT2D eigenvalue weighted by Crippen LogP contribution is -2.37. The van der Waals surface area contributed by atoms with Crippen molar-refractivity contribution < 1.29 is 22.8 Å². The Morgan fingerprint density at radius 2 is 1.67 bits per heavy atom. The summed E-state index contributed by atoms with van der Waals surface area (Å²) in [7, 11) is 0. The fourth-order valence-corrected chi connectivity index (χ4v) is 1.93. The van der Waals surface area contributed by atoms with E-state index in [1.807, 2.05) is 0 Å². The summed E-state index contributed by atoms with van der Waals surface area (Å²) in [6, 6.07) is 1.70. The summed E-state index contributed by atoms with van der Waals surface area (Å²) >= 11 is 5.46. The number of carbonyl (C=O) groups is 2. The van der Waals surface area contributed by atoms with Crippen LogP contribution in [0.15, 0.2) is 23.3 Å². The first-order valence-electron chi connectivity index (χ1n) is 5.69. The number of halogens is 4. The van der Waals surface area contributed by atoms with Gasteiger partial charge in [-0.2, -0.15) is 18.2 Å². The molecule has 2 rings (SSSR count). The predicted octanol–water partition coefficient (Wildman–Crippen LogP) is 2.79. The van der Waals surface area contributed by atoms with Crippen LogP contribution >= 0.6 is 11.6 Å². The van der Waals surface area contributed by atoms with Crippen molar-refractivity contribution in [1.82, 2.24) is 9.99 Å². The van der Waals surface area contributed by atoms with E-state index in [1.165, 1.54) is 13.8 Å². The van der Waals surface area contributed by atoms with Gasteiger partial charge in [-0.25, -0.2) is 4.98 Å². The SMILES string of the molecule is CC1=C(C)C(=O)N(Nc2ccc(C(F)(F)F)c(Cl)n2)C1=O. The van der Waals surface area contributed by atoms with Crippen molar-refractivity contribution in [2.24, 2.45) is 0 Å². The van der Waals surface area contributed by atoms with Crippen LogP contribution in [-0.2, 0) is 15.8 Å². The summed E-state index contributed by atoms with van der Waals surface area (Å²) in [5.41, 5.74) is 1.76. The Balaban J connectivity index is 2.25. The molecule has 0 spiro atoms. The number of hydrazine groups is 1. The highest BCUT2D eigenvalue weighted by Gasteiger charge is 2.36. The zero-order valence-corrected chi connectivity index (χ0v) is 11.6. The van der Waals surface area contributed by atoms with Crippen molar-refractivity contribution in [1.29, 1.82) is 0 Å². The summed E-state index contributed by atoms with van der Waals surface area (Å²) in [5.74, 6) is -1.32. The zero-order chi connectivity index (χ0) is 15.9. The lowest BCUT2D eigenvalue weighted by Gasteiger charge is -2.17. The molecule has 0 bridgehead atoms. The molecule has 21 heavy (non-hydrogen) atoms. The topological polar surface area (TPSA) is 62.3 Å². The summed E-state index contributed by atoms with van der Waals surface area (Å²) in [4.78, 5) is 27.1. The molecule has 9 heteroatoms. The minimum atomic E-state index is -4.63. The Labute approximate surface area is 122 Å². The second kappa shape index (κ2) is 5.03. The molecule has 0 atom stereocenters. The summed E-state index contributed by atoms with van der Waals surface area (Å²) in [5, 5.41) is -0.0932. The first kappa shape index (κ1) is 15.3. The highest BCUT2D eigenvalue weighted by Crippen LogP contribution is 2.34. The van der Waals surface area contributed by atoms with Gasteiger partial charge in [0.25, 0.3) is 11.8 Å². The maximum Gasteiger partial charge on any atom is 0.419 e. The molecule has 112 valence electrons. The number of alkyl halides is 3. The monoisotopic (exact) mass is 319 g/mol. The van der Waals surface area contributed by atoms with E-state index in [9.17, 15) is 22.8 Å². The molecule has 0 unspecified atom stereocenters. The van der Waals surface area contributed by atoms with Crippen molar-refractivity contribution in [3.63, 3.8) is 0 Å². The van der Waals surface area contributed by atoms with E-state index in [-0.39, 0.29) is 17.0 Å². The number of hydrogen-bond donors (Lipinski definition) is 1. The van der Waals surface area contributed by atoms with Crippen LogP contribution in [0.2, 0.25) is 5.15 Å². The molecule has 1 aromatic heterocycles. The number of pyridine rings is 1. The first-order chi connectivity index (χ1) is 9.62. The van der Waals surface area contributed by atoms with Crippen molar-refractivity contribution in [2.75, 3.05) is 5.43 Å². The molecule has 1 aromatic rings. The number of nitrogens with zero attached hydrogens (tertiary/aromatic N) is 2. The predicted molar refractivity (Wildman–Crippen MR) is 68.1 cm³/mol. The average Bonchev–Trinajstić information content (AvgIpc) is 2.55. The quantitative estimate of drug-likeness (QED) is 0.672. The zero-order valence-electron chi connectivity index (χ0n) is 10.9. The van der Waals surface area contributed by atoms with E-state index < -0.39 is 28.7 Å². The molecule has 0 aliphatic carbocycles. The van der Waals surface area contributed by atoms with Gasteiger partial charge in [0.05, 0.1) is 5.56 Å². The Bertz CT molecular complexity index is 646. The molecular weight excluding hydrogens is 311 g/mol. The molecule has 5 nitrogen and oxygen atoms in total. The average molecular weight is 320 g/mol. The van der Waals surface area contributed by atoms with Gasteiger partial charge < -0.3 is 0 Å². The third-order valence-corrected chi connectivity index (χ3v) is 3.28. The van der Waals surface area contributed by atoms with Crippen LogP contribution in [0, 0.1) is 0 Å². The van der Waals surface area contributed by atoms with Gasteiger partial charge in [-0.1, -0.05) is 11.6 Å². The van der Waals surface area contributed by atoms with Crippen molar-refractivity contribution in [3.8, 4) is 0 Å². The smallest absolute Gasteiger partial charge is 0.271 e. The molecule has 1 aliphatic rings. The molecule has 1 aliphatic heterocycles. The van der Waals surface area contributed by atoms with Crippen LogP contribution in [0.5, 0.6) is 0 Å². The number of hydrogen-bond acceptors (Lipinski definition) is 4. The van der Waals surface area contributed by atoms with Gasteiger partial charge in [-0.15, -0.1) is 0 Å². The lowest BCUT2D eigenvalue weighted by atomic mass is 10.2. The van der Waals surface area contributed by atoms with E-state index in [2.05, 4.69) is 10.4 Å². The molecule has 2 heterocycles. The minimum Gasteiger partial charge on any atom is -0.271 e. The maximum absolute atomic E-state index is 12.5. The number of nitrogens with one attached hydrogen (secondary N) is 1. The van der Waals surface area contributed by atoms with E-state index in [1.54, 1.807) is 0 Å². The Morgan fingerprint density at radius 1 is 1.14 bits per heavy atom. The van der Waals surface area contributed by atoms with Crippen LogP contribution < -0.4 is 5.43 Å². The highest BCUT2D eigenvalue weighted by molar-refractivity contribution is 6.30. The molecule has 1 N–H and O–H groups in total. The van der Waals surface area contributed by atoms with E-state index in [0.717, 1.165) is 12.1 Å². The lowest BCUT2D eigenvalue weighted by molar-refractivity contribution is -0.138. The minimum absolute atomic E-state index is 0.141. The largest absolute Gasteiger partial charge is 0.419 e. The van der Waals surface area contributed by atoms with Gasteiger partial charge in [0, 0.05) is 11.1 Å². The molecule has 0 aromatic carbocycles. The fourth-order valence-electron chi connectivity index (χ4n) is 1.67. The number of aromatic nitrogens is 1. The van der Waals surface area contributed by atoms with Gasteiger partial charge in [0.15, 0.2) is 0 Å². The molecule has 0 fully saturated rings. The number of carbonyl (C=O) groups excluding carboxylic acids is 2. The summed E-state index contributed by atoms with van der Waals surface area (Å²) in [6.45, 7) is 2.95. The van der Waals surface area contributed by atoms with Crippen LogP contribution in [0.3, 0.4) is 0 Å². The van der Waals surface area contributed by atoms with Crippen molar-refractivity contribution in [3.05, 3.63) is 34.0 Å². The first-order valence-corrected chi connectivity index (χ1v) is 6.07. The standard InChI is InChI=1S/C12H9ClF3N3O2/c1-5-6(2)11(21)19(10(5)20)18-8-4-3-7(9(13)17-8)12(14,15)16/h3-4H,1-2H3,(H,17,18). The van der Waals surface area contributed by atoms with Gasteiger partial charge in [-0.05, 0) is 26.0 Å². The molecule has 0 saturated carbocycles. The Morgan fingerprint density at radius 3 is 2.10 bits per heavy atom. The van der Waals surface area contributed by atoms with E-state index in [4.69, 9.17) is 11.6 Å². The molecule has 2 amide bonds.